The van der Waals surface area contributed by atoms with E-state index in [4.69, 9.17) is 0 Å². The van der Waals surface area contributed by atoms with Gasteiger partial charge < -0.3 is 19.7 Å². The molecule has 100 valence electrons. The lowest BCUT2D eigenvalue weighted by atomic mass is 10.0. The van der Waals surface area contributed by atoms with Crippen LogP contribution in [0.5, 0.6) is 11.5 Å². The molecular weight excluding hydrogens is 266 g/mol. The Labute approximate surface area is 108 Å². The third-order valence-electron chi connectivity index (χ3n) is 2.56. The van der Waals surface area contributed by atoms with E-state index < -0.39 is 18.5 Å². The first-order chi connectivity index (χ1) is 8.43. The van der Waals surface area contributed by atoms with Gasteiger partial charge in [0.05, 0.1) is 6.10 Å². The summed E-state index contributed by atoms with van der Waals surface area (Å²) in [7, 11) is 0. The lowest BCUT2D eigenvalue weighted by molar-refractivity contribution is -0.286. The van der Waals surface area contributed by atoms with Crippen molar-refractivity contribution < 1.29 is 28.5 Å². The number of fused-ring (bicyclic) bond motifs is 1. The summed E-state index contributed by atoms with van der Waals surface area (Å²) in [5, 5.41) is 19.4. The average Bonchev–Trinajstić information content (AvgIpc) is 2.60. The summed E-state index contributed by atoms with van der Waals surface area (Å²) in [4.78, 5) is 0. The van der Waals surface area contributed by atoms with Crippen molar-refractivity contribution >= 4 is 12.6 Å². The van der Waals surface area contributed by atoms with Gasteiger partial charge in [0.2, 0.25) is 0 Å². The van der Waals surface area contributed by atoms with Gasteiger partial charge in [-0.3, -0.25) is 0 Å². The van der Waals surface area contributed by atoms with Gasteiger partial charge in [-0.05, 0) is 29.9 Å². The summed E-state index contributed by atoms with van der Waals surface area (Å²) in [6.07, 6.45) is -5.59. The molecule has 0 radical (unpaired) electrons. The lowest BCUT2D eigenvalue weighted by Crippen LogP contribution is -2.26. The van der Waals surface area contributed by atoms with Gasteiger partial charge in [-0.15, -0.1) is 8.78 Å². The summed E-state index contributed by atoms with van der Waals surface area (Å²) in [5.41, 5.74) is 0.282. The molecule has 2 unspecified atom stereocenters. The first-order valence-electron chi connectivity index (χ1n) is 5.30. The Kier molecular flexibility index (Phi) is 3.65. The first kappa shape index (κ1) is 13.4. The van der Waals surface area contributed by atoms with Crippen molar-refractivity contribution in [2.75, 3.05) is 5.75 Å². The molecule has 2 rings (SSSR count). The van der Waals surface area contributed by atoms with Crippen LogP contribution in [-0.4, -0.2) is 28.4 Å². The predicted octanol–water partition coefficient (Wildman–Crippen LogP) is 1.72. The van der Waals surface area contributed by atoms with Crippen LogP contribution < -0.4 is 9.47 Å². The van der Waals surface area contributed by atoms with E-state index in [1.807, 2.05) is 0 Å². The Morgan fingerprint density at radius 2 is 1.89 bits per heavy atom. The zero-order chi connectivity index (χ0) is 13.3. The molecule has 0 aromatic heterocycles. The molecule has 0 spiro atoms. The van der Waals surface area contributed by atoms with Crippen molar-refractivity contribution in [2.45, 2.75) is 24.9 Å². The van der Waals surface area contributed by atoms with E-state index in [9.17, 15) is 19.0 Å². The maximum atomic E-state index is 12.8. The van der Waals surface area contributed by atoms with Crippen LogP contribution >= 0.6 is 12.6 Å². The quantitative estimate of drug-likeness (QED) is 0.734. The van der Waals surface area contributed by atoms with Crippen molar-refractivity contribution in [3.05, 3.63) is 23.8 Å². The number of aliphatic hydroxyl groups is 2. The number of rotatable bonds is 4. The van der Waals surface area contributed by atoms with Crippen molar-refractivity contribution in [3.8, 4) is 11.5 Å². The molecule has 1 aliphatic heterocycles. The molecule has 0 saturated heterocycles. The van der Waals surface area contributed by atoms with Crippen LogP contribution in [0.3, 0.4) is 0 Å². The molecule has 0 saturated carbocycles. The molecule has 1 aliphatic rings. The van der Waals surface area contributed by atoms with E-state index in [0.29, 0.717) is 5.75 Å². The zero-order valence-electron chi connectivity index (χ0n) is 9.22. The number of hydrogen-bond acceptors (Lipinski definition) is 5. The van der Waals surface area contributed by atoms with Crippen molar-refractivity contribution in [3.63, 3.8) is 0 Å². The molecule has 1 aromatic rings. The highest BCUT2D eigenvalue weighted by Gasteiger charge is 2.43. The third-order valence-corrected chi connectivity index (χ3v) is 2.81. The minimum atomic E-state index is -3.68. The third kappa shape index (κ3) is 2.68. The Morgan fingerprint density at radius 3 is 2.56 bits per heavy atom. The van der Waals surface area contributed by atoms with Crippen LogP contribution in [0.25, 0.3) is 0 Å². The highest BCUT2D eigenvalue weighted by molar-refractivity contribution is 7.80. The normalized spacial score (nSPS) is 19.6. The molecule has 2 N–H and O–H groups in total. The Morgan fingerprint density at radius 1 is 1.22 bits per heavy atom. The number of thiol groups is 1. The van der Waals surface area contributed by atoms with Gasteiger partial charge in [-0.1, -0.05) is 6.07 Å². The Balaban J connectivity index is 2.18. The van der Waals surface area contributed by atoms with E-state index in [2.05, 4.69) is 22.1 Å². The van der Waals surface area contributed by atoms with Gasteiger partial charge in [-0.25, -0.2) is 0 Å². The molecule has 7 heteroatoms. The maximum absolute atomic E-state index is 12.8. The fourth-order valence-corrected chi connectivity index (χ4v) is 1.93. The highest BCUT2D eigenvalue weighted by Crippen LogP contribution is 2.42. The molecule has 4 nitrogen and oxygen atoms in total. The molecule has 0 bridgehead atoms. The van der Waals surface area contributed by atoms with Gasteiger partial charge in [0, 0.05) is 0 Å². The monoisotopic (exact) mass is 278 g/mol. The van der Waals surface area contributed by atoms with Crippen molar-refractivity contribution in [1.29, 1.82) is 0 Å². The second-order valence-electron chi connectivity index (χ2n) is 3.90. The minimum Gasteiger partial charge on any atom is -0.395 e. The number of alkyl halides is 2. The maximum Gasteiger partial charge on any atom is 0.586 e. The highest BCUT2D eigenvalue weighted by atomic mass is 32.1. The van der Waals surface area contributed by atoms with E-state index >= 15 is 0 Å². The fourth-order valence-electron chi connectivity index (χ4n) is 1.66. The van der Waals surface area contributed by atoms with Crippen LogP contribution in [0, 0.1) is 0 Å². The summed E-state index contributed by atoms with van der Waals surface area (Å²) in [6.45, 7) is 0. The standard InChI is InChI=1S/C11H12F2O4S/c12-11(13)16-8-2-1-6(5-9(8)17-11)10(15)7(14)3-4-18/h1-2,5,7,10,14-15,18H,3-4H2. The number of ether oxygens (including phenoxy) is 2. The Hall–Kier alpha value is -1.05. The number of aliphatic hydroxyl groups excluding tert-OH is 2. The van der Waals surface area contributed by atoms with Gasteiger partial charge in [-0.2, -0.15) is 12.6 Å². The van der Waals surface area contributed by atoms with Crippen LogP contribution in [0.15, 0.2) is 18.2 Å². The van der Waals surface area contributed by atoms with Crippen LogP contribution in [0.2, 0.25) is 0 Å². The second-order valence-corrected chi connectivity index (χ2v) is 4.35. The van der Waals surface area contributed by atoms with Crippen molar-refractivity contribution in [2.24, 2.45) is 0 Å². The van der Waals surface area contributed by atoms with Gasteiger partial charge in [0.1, 0.15) is 6.10 Å². The van der Waals surface area contributed by atoms with Gasteiger partial charge >= 0.3 is 6.29 Å². The average molecular weight is 278 g/mol. The van der Waals surface area contributed by atoms with Gasteiger partial charge in [0.25, 0.3) is 0 Å². The van der Waals surface area contributed by atoms with Crippen molar-refractivity contribution in [1.82, 2.24) is 0 Å². The van der Waals surface area contributed by atoms with E-state index in [1.165, 1.54) is 18.2 Å². The zero-order valence-corrected chi connectivity index (χ0v) is 10.1. The predicted molar refractivity (Wildman–Crippen MR) is 62.1 cm³/mol. The number of hydrogen-bond donors (Lipinski definition) is 3. The van der Waals surface area contributed by atoms with Gasteiger partial charge in [0.15, 0.2) is 11.5 Å². The summed E-state index contributed by atoms with van der Waals surface area (Å²) >= 11 is 3.94. The number of benzene rings is 1. The molecular formula is C11H12F2O4S. The molecule has 0 fully saturated rings. The second kappa shape index (κ2) is 4.91. The van der Waals surface area contributed by atoms with Crippen LogP contribution in [0.1, 0.15) is 18.1 Å². The SMILES string of the molecule is OC(CCS)C(O)c1ccc2c(c1)OC(F)(F)O2. The topological polar surface area (TPSA) is 58.9 Å². The van der Waals surface area contributed by atoms with E-state index in [0.717, 1.165) is 0 Å². The molecule has 0 amide bonds. The number of halogens is 2. The molecule has 2 atom stereocenters. The molecule has 1 aromatic carbocycles. The van der Waals surface area contributed by atoms with Crippen LogP contribution in [-0.2, 0) is 0 Å². The van der Waals surface area contributed by atoms with Crippen LogP contribution in [0.4, 0.5) is 8.78 Å². The molecule has 1 heterocycles. The minimum absolute atomic E-state index is 0.0976. The smallest absolute Gasteiger partial charge is 0.395 e. The summed E-state index contributed by atoms with van der Waals surface area (Å²) < 4.78 is 34.1. The Bertz CT molecular complexity index is 441. The largest absolute Gasteiger partial charge is 0.586 e. The van der Waals surface area contributed by atoms with E-state index in [1.54, 1.807) is 0 Å². The lowest BCUT2D eigenvalue weighted by Gasteiger charge is -2.17. The first-order valence-corrected chi connectivity index (χ1v) is 5.93. The fraction of sp³-hybridized carbons (Fsp3) is 0.455. The summed E-state index contributed by atoms with van der Waals surface area (Å²) in [6, 6.07) is 3.89. The molecule has 18 heavy (non-hydrogen) atoms. The molecule has 0 aliphatic carbocycles. The van der Waals surface area contributed by atoms with E-state index in [-0.39, 0.29) is 23.5 Å². The summed E-state index contributed by atoms with van der Waals surface area (Å²) in [5.74, 6) is 0.148.